The maximum Gasteiger partial charge on any atom is 0.143 e. The van der Waals surface area contributed by atoms with Crippen molar-refractivity contribution in [1.82, 2.24) is 0 Å². The molecular weight excluding hydrogens is 372 g/mol. The van der Waals surface area contributed by atoms with Crippen molar-refractivity contribution < 1.29 is 18.5 Å². The Labute approximate surface area is 164 Å². The molecule has 0 fully saturated rings. The molecular formula is C20H29ClO4S. The monoisotopic (exact) mass is 400 g/mol. The predicted molar refractivity (Wildman–Crippen MR) is 106 cm³/mol. The van der Waals surface area contributed by atoms with Crippen LogP contribution in [0.25, 0.3) is 0 Å². The zero-order valence-corrected chi connectivity index (χ0v) is 17.5. The molecule has 0 saturated heterocycles. The van der Waals surface area contributed by atoms with Gasteiger partial charge in [-0.05, 0) is 31.0 Å². The van der Waals surface area contributed by atoms with Gasteiger partial charge < -0.3 is 4.74 Å². The van der Waals surface area contributed by atoms with Crippen molar-refractivity contribution in [3.63, 3.8) is 0 Å². The van der Waals surface area contributed by atoms with E-state index in [0.29, 0.717) is 41.5 Å². The zero-order valence-electron chi connectivity index (χ0n) is 15.9. The van der Waals surface area contributed by atoms with Crippen molar-refractivity contribution in [3.8, 4) is 5.75 Å². The van der Waals surface area contributed by atoms with Crippen LogP contribution in [0, 0.1) is 5.92 Å². The fraction of sp³-hybridized carbons (Fsp3) is 0.600. The van der Waals surface area contributed by atoms with Gasteiger partial charge in [0.1, 0.15) is 17.3 Å². The molecule has 1 atom stereocenters. The zero-order chi connectivity index (χ0) is 19.5. The highest BCUT2D eigenvalue weighted by Gasteiger charge is 2.22. The Balaban J connectivity index is 2.28. The third-order valence-electron chi connectivity index (χ3n) is 4.35. The first-order valence-corrected chi connectivity index (χ1v) is 11.2. The van der Waals surface area contributed by atoms with Gasteiger partial charge in [-0.1, -0.05) is 44.7 Å². The molecule has 26 heavy (non-hydrogen) atoms. The summed E-state index contributed by atoms with van der Waals surface area (Å²) in [4.78, 5) is 24.4. The maximum atomic E-state index is 11.9. The lowest BCUT2D eigenvalue weighted by Crippen LogP contribution is -2.22. The smallest absolute Gasteiger partial charge is 0.143 e. The van der Waals surface area contributed by atoms with Gasteiger partial charge >= 0.3 is 0 Å². The average Bonchev–Trinajstić information content (AvgIpc) is 2.63. The first-order chi connectivity index (χ1) is 12.4. The molecule has 146 valence electrons. The van der Waals surface area contributed by atoms with Crippen molar-refractivity contribution in [2.24, 2.45) is 5.92 Å². The van der Waals surface area contributed by atoms with Crippen LogP contribution in [-0.4, -0.2) is 28.6 Å². The average molecular weight is 401 g/mol. The number of ether oxygens (including phenoxy) is 1. The summed E-state index contributed by atoms with van der Waals surface area (Å²) >= 11 is 6.13. The van der Waals surface area contributed by atoms with Gasteiger partial charge in [0.15, 0.2) is 0 Å². The van der Waals surface area contributed by atoms with Crippen LogP contribution in [0.2, 0.25) is 5.02 Å². The lowest BCUT2D eigenvalue weighted by atomic mass is 9.90. The lowest BCUT2D eigenvalue weighted by molar-refractivity contribution is -0.132. The van der Waals surface area contributed by atoms with Crippen LogP contribution in [0.15, 0.2) is 23.1 Å². The van der Waals surface area contributed by atoms with Crippen LogP contribution in [0.4, 0.5) is 0 Å². The van der Waals surface area contributed by atoms with E-state index in [-0.39, 0.29) is 11.6 Å². The number of hydrogen-bond acceptors (Lipinski definition) is 4. The molecule has 6 heteroatoms. The number of unbranched alkanes of at least 4 members (excludes halogenated alkanes) is 3. The molecule has 0 aliphatic rings. The van der Waals surface area contributed by atoms with Gasteiger partial charge in [-0.3, -0.25) is 13.8 Å². The van der Waals surface area contributed by atoms with E-state index in [1.54, 1.807) is 24.5 Å². The second-order valence-electron chi connectivity index (χ2n) is 6.29. The van der Waals surface area contributed by atoms with Crippen molar-refractivity contribution in [1.29, 1.82) is 0 Å². The second-order valence-corrected chi connectivity index (χ2v) is 8.08. The van der Waals surface area contributed by atoms with E-state index in [1.807, 2.05) is 13.8 Å². The molecule has 1 aromatic carbocycles. The molecule has 0 spiro atoms. The van der Waals surface area contributed by atoms with E-state index in [0.717, 1.165) is 25.7 Å². The summed E-state index contributed by atoms with van der Waals surface area (Å²) in [7, 11) is -1.06. The van der Waals surface area contributed by atoms with E-state index < -0.39 is 16.7 Å². The van der Waals surface area contributed by atoms with E-state index in [2.05, 4.69) is 0 Å². The van der Waals surface area contributed by atoms with Crippen LogP contribution < -0.4 is 4.74 Å². The van der Waals surface area contributed by atoms with E-state index in [4.69, 9.17) is 16.3 Å². The summed E-state index contributed by atoms with van der Waals surface area (Å²) in [5.41, 5.74) is 0. The number of carbonyl (C=O) groups is 2. The Bertz CT molecular complexity index is 614. The lowest BCUT2D eigenvalue weighted by Gasteiger charge is -2.13. The Morgan fingerprint density at radius 3 is 2.23 bits per heavy atom. The summed E-state index contributed by atoms with van der Waals surface area (Å²) in [5, 5.41) is 0.469. The number of hydrogen-bond donors (Lipinski definition) is 0. The topological polar surface area (TPSA) is 60.4 Å². The minimum absolute atomic E-state index is 0.0614. The number of carbonyl (C=O) groups excluding carboxylic acids is 2. The van der Waals surface area contributed by atoms with Gasteiger partial charge in [0.25, 0.3) is 0 Å². The van der Waals surface area contributed by atoms with Crippen molar-refractivity contribution in [3.05, 3.63) is 23.2 Å². The second kappa shape index (κ2) is 12.2. The first kappa shape index (κ1) is 22.8. The minimum atomic E-state index is -1.06. The van der Waals surface area contributed by atoms with Gasteiger partial charge in [0.2, 0.25) is 0 Å². The molecule has 0 radical (unpaired) electrons. The molecule has 0 amide bonds. The number of rotatable bonds is 13. The molecule has 0 unspecified atom stereocenters. The first-order valence-electron chi connectivity index (χ1n) is 9.21. The van der Waals surface area contributed by atoms with Crippen LogP contribution in [0.1, 0.15) is 58.8 Å². The van der Waals surface area contributed by atoms with Gasteiger partial charge in [-0.25, -0.2) is 0 Å². The number of benzene rings is 1. The summed E-state index contributed by atoms with van der Waals surface area (Å²) < 4.78 is 17.1. The Morgan fingerprint density at radius 1 is 1.08 bits per heavy atom. The van der Waals surface area contributed by atoms with E-state index >= 15 is 0 Å². The number of halogens is 1. The third kappa shape index (κ3) is 7.58. The highest BCUT2D eigenvalue weighted by atomic mass is 35.5. The summed E-state index contributed by atoms with van der Waals surface area (Å²) in [5.74, 6) is 0.309. The fourth-order valence-corrected chi connectivity index (χ4v) is 3.60. The van der Waals surface area contributed by atoms with Gasteiger partial charge in [0, 0.05) is 34.8 Å². The molecule has 0 bridgehead atoms. The van der Waals surface area contributed by atoms with Gasteiger partial charge in [0.05, 0.1) is 17.5 Å². The largest absolute Gasteiger partial charge is 0.492 e. The molecule has 0 N–H and O–H groups in total. The maximum absolute atomic E-state index is 11.9. The molecule has 1 rings (SSSR count). The molecule has 0 heterocycles. The van der Waals surface area contributed by atoms with Crippen LogP contribution in [0.3, 0.4) is 0 Å². The van der Waals surface area contributed by atoms with Crippen molar-refractivity contribution in [2.45, 2.75) is 63.7 Å². The number of Topliss-reactive ketones (excluding diaryl/α,β-unsaturated/α-hetero) is 2. The molecule has 0 aromatic heterocycles. The van der Waals surface area contributed by atoms with Crippen molar-refractivity contribution in [2.75, 3.05) is 12.9 Å². The SMILES string of the molecule is CCC(=O)C(CCCCCCOc1ccc([S@](C)=O)cc1Cl)C(=O)CC. The van der Waals surface area contributed by atoms with Crippen LogP contribution >= 0.6 is 11.6 Å². The number of ketones is 2. The highest BCUT2D eigenvalue weighted by molar-refractivity contribution is 7.84. The Hall–Kier alpha value is -1.20. The van der Waals surface area contributed by atoms with E-state index in [1.165, 1.54) is 0 Å². The third-order valence-corrected chi connectivity index (χ3v) is 5.57. The molecule has 0 saturated carbocycles. The van der Waals surface area contributed by atoms with Crippen LogP contribution in [-0.2, 0) is 20.4 Å². The molecule has 4 nitrogen and oxygen atoms in total. The Kier molecular flexibility index (Phi) is 10.7. The fourth-order valence-electron chi connectivity index (χ4n) is 2.76. The quantitative estimate of drug-likeness (QED) is 0.346. The van der Waals surface area contributed by atoms with E-state index in [9.17, 15) is 13.8 Å². The highest BCUT2D eigenvalue weighted by Crippen LogP contribution is 2.27. The summed E-state index contributed by atoms with van der Waals surface area (Å²) in [6, 6.07) is 5.17. The molecule has 0 aliphatic carbocycles. The van der Waals surface area contributed by atoms with Gasteiger partial charge in [-0.2, -0.15) is 0 Å². The minimum Gasteiger partial charge on any atom is -0.492 e. The summed E-state index contributed by atoms with van der Waals surface area (Å²) in [6.45, 7) is 4.18. The Morgan fingerprint density at radius 2 is 1.69 bits per heavy atom. The van der Waals surface area contributed by atoms with Crippen LogP contribution in [0.5, 0.6) is 5.75 Å². The van der Waals surface area contributed by atoms with Crippen molar-refractivity contribution >= 4 is 34.0 Å². The standard InChI is InChI=1S/C20H29ClO4S/c1-4-18(22)16(19(23)5-2)10-8-6-7-9-13-25-20-12-11-15(26(3)24)14-17(20)21/h11-12,14,16H,4-10,13H2,1-3H3/t26-/m0/s1. The van der Waals surface area contributed by atoms with Gasteiger partial charge in [-0.15, -0.1) is 0 Å². The normalized spacial score (nSPS) is 12.2. The predicted octanol–water partition coefficient (Wildman–Crippen LogP) is 4.98. The molecule has 1 aromatic rings. The molecule has 0 aliphatic heterocycles. The summed E-state index contributed by atoms with van der Waals surface area (Å²) in [6.07, 6.45) is 6.81.